The Morgan fingerprint density at radius 1 is 1.40 bits per heavy atom. The van der Waals surface area contributed by atoms with Gasteiger partial charge in [-0.05, 0) is 17.5 Å². The SMILES string of the molecule is CC(C)C(C(=O)Cl)=S(=O)=O. The lowest BCUT2D eigenvalue weighted by Gasteiger charge is -1.97. The van der Waals surface area contributed by atoms with Crippen LogP contribution in [0, 0.1) is 5.92 Å². The molecule has 0 aliphatic rings. The molecule has 0 spiro atoms. The summed E-state index contributed by atoms with van der Waals surface area (Å²) >= 11 is 4.96. The molecule has 0 atom stereocenters. The molecule has 0 radical (unpaired) electrons. The highest BCUT2D eigenvalue weighted by molar-refractivity contribution is 7.75. The minimum Gasteiger partial charge on any atom is -0.275 e. The summed E-state index contributed by atoms with van der Waals surface area (Å²) < 4.78 is 20.5. The molecule has 0 rings (SSSR count). The van der Waals surface area contributed by atoms with Crippen molar-refractivity contribution in [2.75, 3.05) is 0 Å². The van der Waals surface area contributed by atoms with Gasteiger partial charge in [-0.25, -0.2) is 0 Å². The summed E-state index contributed by atoms with van der Waals surface area (Å²) in [6, 6.07) is 0. The number of hydrogen-bond acceptors (Lipinski definition) is 3. The van der Waals surface area contributed by atoms with Gasteiger partial charge in [0.25, 0.3) is 5.24 Å². The lowest BCUT2D eigenvalue weighted by Crippen LogP contribution is -2.15. The van der Waals surface area contributed by atoms with E-state index in [2.05, 4.69) is 0 Å². The molecule has 0 saturated carbocycles. The van der Waals surface area contributed by atoms with Crippen molar-refractivity contribution >= 4 is 32.0 Å². The molecule has 0 unspecified atom stereocenters. The number of halogens is 1. The first-order valence-corrected chi connectivity index (χ1v) is 4.08. The Morgan fingerprint density at radius 2 is 1.80 bits per heavy atom. The van der Waals surface area contributed by atoms with Crippen LogP contribution in [0.1, 0.15) is 13.8 Å². The van der Waals surface area contributed by atoms with Crippen molar-refractivity contribution in [3.63, 3.8) is 0 Å². The maximum absolute atomic E-state index is 10.4. The molecule has 0 amide bonds. The summed E-state index contributed by atoms with van der Waals surface area (Å²) in [7, 11) is -2.48. The van der Waals surface area contributed by atoms with E-state index in [0.29, 0.717) is 0 Å². The van der Waals surface area contributed by atoms with E-state index in [0.717, 1.165) is 0 Å². The summed E-state index contributed by atoms with van der Waals surface area (Å²) in [6.07, 6.45) is 0. The van der Waals surface area contributed by atoms with Crippen LogP contribution < -0.4 is 0 Å². The minimum absolute atomic E-state index is 0.262. The van der Waals surface area contributed by atoms with Gasteiger partial charge in [0.2, 0.25) is 10.3 Å². The standard InChI is InChI=1S/C5H7ClO3S/c1-3(2)4(5(6)7)10(8)9/h3H,1-2H3. The summed E-state index contributed by atoms with van der Waals surface area (Å²) in [5.74, 6) is -0.344. The van der Waals surface area contributed by atoms with Crippen LogP contribution in [0.5, 0.6) is 0 Å². The van der Waals surface area contributed by atoms with Crippen LogP contribution in [0.4, 0.5) is 0 Å². The lowest BCUT2D eigenvalue weighted by atomic mass is 10.1. The first-order chi connectivity index (χ1) is 4.46. The predicted octanol–water partition coefficient (Wildman–Crippen LogP) is 0.459. The fraction of sp³-hybridized carbons (Fsp3) is 0.600. The Bertz CT molecular complexity index is 255. The molecule has 58 valence electrons. The number of carbonyl (C=O) groups excluding carboxylic acids is 1. The second kappa shape index (κ2) is 3.73. The van der Waals surface area contributed by atoms with Crippen LogP contribution in [-0.2, 0) is 15.1 Å². The maximum atomic E-state index is 10.4. The molecule has 0 N–H and O–H groups in total. The van der Waals surface area contributed by atoms with E-state index in [9.17, 15) is 13.2 Å². The Hall–Kier alpha value is -0.350. The number of carbonyl (C=O) groups is 1. The molecule has 3 nitrogen and oxygen atoms in total. The summed E-state index contributed by atoms with van der Waals surface area (Å²) in [6.45, 7) is 3.18. The van der Waals surface area contributed by atoms with Crippen LogP contribution in [0.25, 0.3) is 0 Å². The molecule has 0 aliphatic heterocycles. The fourth-order valence-electron chi connectivity index (χ4n) is 0.485. The number of rotatable bonds is 2. The largest absolute Gasteiger partial charge is 0.275 e. The predicted molar refractivity (Wildman–Crippen MR) is 39.6 cm³/mol. The molecular weight excluding hydrogens is 176 g/mol. The van der Waals surface area contributed by atoms with Crippen molar-refractivity contribution in [2.45, 2.75) is 13.8 Å². The molecule has 5 heteroatoms. The third-order valence-electron chi connectivity index (χ3n) is 0.898. The summed E-state index contributed by atoms with van der Waals surface area (Å²) in [4.78, 5) is 10.1. The quantitative estimate of drug-likeness (QED) is 0.461. The monoisotopic (exact) mass is 182 g/mol. The zero-order valence-corrected chi connectivity index (χ0v) is 7.16. The highest BCUT2D eigenvalue weighted by Crippen LogP contribution is 1.98. The first kappa shape index (κ1) is 9.65. The topological polar surface area (TPSA) is 51.2 Å². The molecule has 0 aromatic carbocycles. The van der Waals surface area contributed by atoms with Crippen LogP contribution in [0.2, 0.25) is 0 Å². The van der Waals surface area contributed by atoms with E-state index in [4.69, 9.17) is 11.6 Å². The van der Waals surface area contributed by atoms with Gasteiger partial charge in [0.05, 0.1) is 0 Å². The van der Waals surface area contributed by atoms with Gasteiger partial charge in [0.1, 0.15) is 4.86 Å². The highest BCUT2D eigenvalue weighted by Gasteiger charge is 2.13. The van der Waals surface area contributed by atoms with Crippen LogP contribution >= 0.6 is 11.6 Å². The van der Waals surface area contributed by atoms with E-state index in [1.165, 1.54) is 0 Å². The molecule has 0 heterocycles. The summed E-state index contributed by atoms with van der Waals surface area (Å²) in [5, 5.41) is -0.900. The van der Waals surface area contributed by atoms with Crippen molar-refractivity contribution in [3.8, 4) is 0 Å². The van der Waals surface area contributed by atoms with Gasteiger partial charge in [-0.3, -0.25) is 4.79 Å². The van der Waals surface area contributed by atoms with Gasteiger partial charge in [-0.15, -0.1) is 0 Å². The fourth-order valence-corrected chi connectivity index (χ4v) is 1.41. The maximum Gasteiger partial charge on any atom is 0.264 e. The van der Waals surface area contributed by atoms with E-state index in [1.54, 1.807) is 13.8 Å². The zero-order valence-electron chi connectivity index (χ0n) is 5.59. The van der Waals surface area contributed by atoms with Gasteiger partial charge >= 0.3 is 0 Å². The van der Waals surface area contributed by atoms with Crippen molar-refractivity contribution in [1.29, 1.82) is 0 Å². The van der Waals surface area contributed by atoms with Crippen molar-refractivity contribution in [1.82, 2.24) is 0 Å². The van der Waals surface area contributed by atoms with Gasteiger partial charge in [-0.2, -0.15) is 8.42 Å². The molecule has 0 aliphatic carbocycles. The smallest absolute Gasteiger partial charge is 0.264 e. The van der Waals surface area contributed by atoms with E-state index >= 15 is 0 Å². The Balaban J connectivity index is 5.01. The average molecular weight is 183 g/mol. The van der Waals surface area contributed by atoms with E-state index in [-0.39, 0.29) is 10.8 Å². The van der Waals surface area contributed by atoms with Gasteiger partial charge in [-0.1, -0.05) is 13.8 Å². The Labute approximate surface area is 65.5 Å². The van der Waals surface area contributed by atoms with Gasteiger partial charge < -0.3 is 0 Å². The third-order valence-corrected chi connectivity index (χ3v) is 2.23. The van der Waals surface area contributed by atoms with Crippen molar-refractivity contribution in [2.24, 2.45) is 5.92 Å². The third kappa shape index (κ3) is 2.49. The van der Waals surface area contributed by atoms with Crippen molar-refractivity contribution < 1.29 is 13.2 Å². The molecule has 0 aromatic rings. The normalized spacial score (nSPS) is 9.60. The second-order valence-electron chi connectivity index (χ2n) is 2.03. The molecule has 0 bridgehead atoms. The molecule has 0 saturated heterocycles. The van der Waals surface area contributed by atoms with Crippen LogP contribution in [0.3, 0.4) is 0 Å². The van der Waals surface area contributed by atoms with E-state index in [1.807, 2.05) is 0 Å². The molecule has 10 heavy (non-hydrogen) atoms. The second-order valence-corrected chi connectivity index (χ2v) is 3.28. The number of hydrogen-bond donors (Lipinski definition) is 0. The van der Waals surface area contributed by atoms with Gasteiger partial charge in [0.15, 0.2) is 0 Å². The summed E-state index contributed by atoms with van der Waals surface area (Å²) in [5.41, 5.74) is 0. The first-order valence-electron chi connectivity index (χ1n) is 2.62. The van der Waals surface area contributed by atoms with Gasteiger partial charge in [0, 0.05) is 0 Å². The molecular formula is C5H7ClO3S. The van der Waals surface area contributed by atoms with Crippen molar-refractivity contribution in [3.05, 3.63) is 0 Å². The average Bonchev–Trinajstić information content (AvgIpc) is 1.59. The molecule has 0 aromatic heterocycles. The highest BCUT2D eigenvalue weighted by atomic mass is 35.5. The van der Waals surface area contributed by atoms with E-state index < -0.39 is 15.5 Å². The molecule has 0 fully saturated rings. The van der Waals surface area contributed by atoms with Crippen LogP contribution in [-0.4, -0.2) is 18.5 Å². The lowest BCUT2D eigenvalue weighted by molar-refractivity contribution is -0.106. The Kier molecular flexibility index (Phi) is 3.60. The zero-order chi connectivity index (χ0) is 8.31. The van der Waals surface area contributed by atoms with Crippen LogP contribution in [0.15, 0.2) is 0 Å². The minimum atomic E-state index is -2.48. The Morgan fingerprint density at radius 3 is 1.80 bits per heavy atom.